The first-order chi connectivity index (χ1) is 10.2. The van der Waals surface area contributed by atoms with Gasteiger partial charge in [-0.3, -0.25) is 4.79 Å². The number of benzene rings is 2. The molecule has 110 valence electrons. The third-order valence-corrected chi connectivity index (χ3v) is 4.19. The molecule has 0 aromatic heterocycles. The van der Waals surface area contributed by atoms with E-state index in [1.165, 1.54) is 0 Å². The lowest BCUT2D eigenvalue weighted by molar-refractivity contribution is 0.0715. The Labute approximate surface area is 123 Å². The third-order valence-electron chi connectivity index (χ3n) is 4.19. The maximum Gasteiger partial charge on any atom is 0.255 e. The number of aliphatic hydroxyl groups is 1. The number of aromatic hydroxyl groups is 1. The zero-order valence-electron chi connectivity index (χ0n) is 11.7. The van der Waals surface area contributed by atoms with E-state index in [4.69, 9.17) is 0 Å². The van der Waals surface area contributed by atoms with Gasteiger partial charge in [-0.15, -0.1) is 0 Å². The molecule has 4 nitrogen and oxygen atoms in total. The highest BCUT2D eigenvalue weighted by molar-refractivity contribution is 6.03. The second-order valence-electron chi connectivity index (χ2n) is 5.61. The molecule has 0 heterocycles. The predicted octanol–water partition coefficient (Wildman–Crippen LogP) is 2.58. The number of carbonyl (C=O) groups is 1. The molecule has 1 aliphatic rings. The van der Waals surface area contributed by atoms with Crippen molar-refractivity contribution in [1.29, 1.82) is 0 Å². The van der Waals surface area contributed by atoms with E-state index in [-0.39, 0.29) is 23.3 Å². The first-order valence-electron chi connectivity index (χ1n) is 7.36. The average molecular weight is 285 g/mol. The van der Waals surface area contributed by atoms with E-state index in [0.717, 1.165) is 24.6 Å². The van der Waals surface area contributed by atoms with Gasteiger partial charge in [0.05, 0.1) is 17.7 Å². The second-order valence-corrected chi connectivity index (χ2v) is 5.61. The van der Waals surface area contributed by atoms with Crippen LogP contribution in [-0.4, -0.2) is 28.3 Å². The standard InChI is InChI=1S/C17H19NO3/c19-15-8-4-3-7-14(15)18-17(21)13-10-9-11-5-1-2-6-12(11)16(13)20/h1-2,5-6,9-10,14-15,19-20H,3-4,7-8H2,(H,18,21)/t14-,15-/m0/s1. The fourth-order valence-corrected chi connectivity index (χ4v) is 2.96. The minimum atomic E-state index is -0.495. The van der Waals surface area contributed by atoms with Crippen LogP contribution in [-0.2, 0) is 0 Å². The minimum absolute atomic E-state index is 0.00380. The first kappa shape index (κ1) is 13.9. The van der Waals surface area contributed by atoms with Gasteiger partial charge < -0.3 is 15.5 Å². The summed E-state index contributed by atoms with van der Waals surface area (Å²) in [6.07, 6.45) is 3.00. The number of phenolic OH excluding ortho intramolecular Hbond substituents is 1. The van der Waals surface area contributed by atoms with E-state index in [1.807, 2.05) is 24.3 Å². The van der Waals surface area contributed by atoms with Gasteiger partial charge in [-0.1, -0.05) is 43.2 Å². The normalized spacial score (nSPS) is 22.1. The molecule has 4 heteroatoms. The Bertz CT molecular complexity index is 668. The summed E-state index contributed by atoms with van der Waals surface area (Å²) in [7, 11) is 0. The van der Waals surface area contributed by atoms with Gasteiger partial charge in [0.1, 0.15) is 5.75 Å². The highest BCUT2D eigenvalue weighted by atomic mass is 16.3. The van der Waals surface area contributed by atoms with Crippen molar-refractivity contribution in [3.8, 4) is 5.75 Å². The Hall–Kier alpha value is -2.07. The molecule has 1 amide bonds. The van der Waals surface area contributed by atoms with Crippen LogP contribution in [0.5, 0.6) is 5.75 Å². The molecule has 2 aromatic rings. The van der Waals surface area contributed by atoms with Crippen LogP contribution >= 0.6 is 0 Å². The van der Waals surface area contributed by atoms with Crippen molar-refractivity contribution in [2.75, 3.05) is 0 Å². The molecule has 21 heavy (non-hydrogen) atoms. The van der Waals surface area contributed by atoms with Crippen LogP contribution in [0.4, 0.5) is 0 Å². The van der Waals surface area contributed by atoms with Gasteiger partial charge >= 0.3 is 0 Å². The van der Waals surface area contributed by atoms with Crippen molar-refractivity contribution in [3.05, 3.63) is 42.0 Å². The lowest BCUT2D eigenvalue weighted by Gasteiger charge is -2.28. The Kier molecular flexibility index (Phi) is 3.80. The largest absolute Gasteiger partial charge is 0.506 e. The molecule has 0 bridgehead atoms. The molecule has 0 unspecified atom stereocenters. The monoisotopic (exact) mass is 285 g/mol. The maximum absolute atomic E-state index is 12.3. The number of nitrogens with one attached hydrogen (secondary N) is 1. The van der Waals surface area contributed by atoms with Crippen LogP contribution in [0.1, 0.15) is 36.0 Å². The number of hydrogen-bond acceptors (Lipinski definition) is 3. The summed E-state index contributed by atoms with van der Waals surface area (Å²) in [6.45, 7) is 0. The van der Waals surface area contributed by atoms with Crippen molar-refractivity contribution in [2.24, 2.45) is 0 Å². The van der Waals surface area contributed by atoms with Crippen LogP contribution in [0, 0.1) is 0 Å². The summed E-state index contributed by atoms with van der Waals surface area (Å²) in [5.74, 6) is -0.333. The summed E-state index contributed by atoms with van der Waals surface area (Å²) in [4.78, 5) is 12.3. The number of rotatable bonds is 2. The quantitative estimate of drug-likeness (QED) is 0.794. The Balaban J connectivity index is 1.86. The Morgan fingerprint density at radius 2 is 1.86 bits per heavy atom. The molecular formula is C17H19NO3. The number of hydrogen-bond donors (Lipinski definition) is 3. The van der Waals surface area contributed by atoms with E-state index >= 15 is 0 Å². The van der Waals surface area contributed by atoms with E-state index in [9.17, 15) is 15.0 Å². The van der Waals surface area contributed by atoms with Crippen LogP contribution in [0.15, 0.2) is 36.4 Å². The molecule has 0 saturated heterocycles. The zero-order chi connectivity index (χ0) is 14.8. The van der Waals surface area contributed by atoms with E-state index < -0.39 is 6.10 Å². The Morgan fingerprint density at radius 3 is 2.67 bits per heavy atom. The van der Waals surface area contributed by atoms with Gasteiger partial charge in [-0.25, -0.2) is 0 Å². The van der Waals surface area contributed by atoms with Gasteiger partial charge in [0.15, 0.2) is 0 Å². The van der Waals surface area contributed by atoms with Crippen LogP contribution in [0.25, 0.3) is 10.8 Å². The summed E-state index contributed by atoms with van der Waals surface area (Å²) < 4.78 is 0. The first-order valence-corrected chi connectivity index (χ1v) is 7.36. The van der Waals surface area contributed by atoms with E-state index in [0.29, 0.717) is 11.8 Å². The van der Waals surface area contributed by atoms with Gasteiger partial charge in [0, 0.05) is 5.39 Å². The number of fused-ring (bicyclic) bond motifs is 1. The van der Waals surface area contributed by atoms with Crippen LogP contribution < -0.4 is 5.32 Å². The summed E-state index contributed by atoms with van der Waals surface area (Å²) >= 11 is 0. The smallest absolute Gasteiger partial charge is 0.255 e. The zero-order valence-corrected chi connectivity index (χ0v) is 11.7. The number of phenols is 1. The van der Waals surface area contributed by atoms with Crippen molar-refractivity contribution in [1.82, 2.24) is 5.32 Å². The lowest BCUT2D eigenvalue weighted by atomic mass is 9.92. The van der Waals surface area contributed by atoms with Crippen molar-refractivity contribution < 1.29 is 15.0 Å². The molecule has 1 aliphatic carbocycles. The van der Waals surface area contributed by atoms with Crippen LogP contribution in [0.2, 0.25) is 0 Å². The summed E-state index contributed by atoms with van der Waals surface area (Å²) in [5.41, 5.74) is 0.256. The van der Waals surface area contributed by atoms with Gasteiger partial charge in [0.25, 0.3) is 5.91 Å². The Morgan fingerprint density at radius 1 is 1.10 bits per heavy atom. The molecular weight excluding hydrogens is 266 g/mol. The van der Waals surface area contributed by atoms with Gasteiger partial charge in [-0.2, -0.15) is 0 Å². The van der Waals surface area contributed by atoms with E-state index in [1.54, 1.807) is 12.1 Å². The molecule has 0 radical (unpaired) electrons. The fourth-order valence-electron chi connectivity index (χ4n) is 2.96. The molecule has 3 N–H and O–H groups in total. The molecule has 3 rings (SSSR count). The number of aliphatic hydroxyl groups excluding tert-OH is 1. The molecule has 2 atom stereocenters. The van der Waals surface area contributed by atoms with E-state index in [2.05, 4.69) is 5.32 Å². The molecule has 0 aliphatic heterocycles. The molecule has 1 fully saturated rings. The van der Waals surface area contributed by atoms with Crippen molar-refractivity contribution in [2.45, 2.75) is 37.8 Å². The molecule has 0 spiro atoms. The number of carbonyl (C=O) groups excluding carboxylic acids is 1. The summed E-state index contributed by atoms with van der Waals surface area (Å²) in [6, 6.07) is 10.6. The minimum Gasteiger partial charge on any atom is -0.506 e. The van der Waals surface area contributed by atoms with Gasteiger partial charge in [-0.05, 0) is 24.3 Å². The predicted molar refractivity (Wildman–Crippen MR) is 81.3 cm³/mol. The van der Waals surface area contributed by atoms with Gasteiger partial charge in [0.2, 0.25) is 0 Å². The summed E-state index contributed by atoms with van der Waals surface area (Å²) in [5, 5.41) is 24.6. The highest BCUT2D eigenvalue weighted by Crippen LogP contribution is 2.29. The van der Waals surface area contributed by atoms with Crippen molar-refractivity contribution >= 4 is 16.7 Å². The fraction of sp³-hybridized carbons (Fsp3) is 0.353. The third kappa shape index (κ3) is 2.72. The van der Waals surface area contributed by atoms with Crippen LogP contribution in [0.3, 0.4) is 0 Å². The van der Waals surface area contributed by atoms with Crippen molar-refractivity contribution in [3.63, 3.8) is 0 Å². The SMILES string of the molecule is O=C(N[C@H]1CCCC[C@@H]1O)c1ccc2ccccc2c1O. The topological polar surface area (TPSA) is 69.6 Å². The lowest BCUT2D eigenvalue weighted by Crippen LogP contribution is -2.45. The maximum atomic E-state index is 12.3. The highest BCUT2D eigenvalue weighted by Gasteiger charge is 2.25. The molecule has 2 aromatic carbocycles. The average Bonchev–Trinajstić information content (AvgIpc) is 2.50. The molecule has 1 saturated carbocycles. The second kappa shape index (κ2) is 5.74. The number of amides is 1.